The maximum absolute atomic E-state index is 12.4. The van der Waals surface area contributed by atoms with Gasteiger partial charge in [-0.3, -0.25) is 19.7 Å². The first kappa shape index (κ1) is 25.5. The number of carbonyl (C=O) groups is 2. The van der Waals surface area contributed by atoms with E-state index in [2.05, 4.69) is 20.8 Å². The average molecular weight is 523 g/mol. The Labute approximate surface area is 209 Å². The normalized spacial score (nSPS) is 10.7. The van der Waals surface area contributed by atoms with E-state index in [1.807, 2.05) is 6.92 Å². The van der Waals surface area contributed by atoms with E-state index in [1.54, 1.807) is 35.8 Å². The van der Waals surface area contributed by atoms with Crippen molar-refractivity contribution in [2.75, 3.05) is 16.4 Å². The molecule has 178 valence electrons. The summed E-state index contributed by atoms with van der Waals surface area (Å²) in [5.41, 5.74) is 1.47. The highest BCUT2D eigenvalue weighted by Crippen LogP contribution is 2.26. The maximum Gasteiger partial charge on any atom is 0.271 e. The maximum atomic E-state index is 12.4. The molecule has 3 aromatic rings. The van der Waals surface area contributed by atoms with Gasteiger partial charge in [-0.15, -0.1) is 10.2 Å². The predicted octanol–water partition coefficient (Wildman–Crippen LogP) is 4.73. The lowest BCUT2D eigenvalue weighted by atomic mass is 10.2. The molecule has 3 rings (SSSR count). The van der Waals surface area contributed by atoms with Crippen molar-refractivity contribution in [3.63, 3.8) is 0 Å². The number of nitrogens with zero attached hydrogens (tertiary/aromatic N) is 4. The zero-order chi connectivity index (χ0) is 24.8. The minimum Gasteiger partial charge on any atom is -0.326 e. The Morgan fingerprint density at radius 1 is 1.09 bits per heavy atom. The van der Waals surface area contributed by atoms with E-state index in [9.17, 15) is 19.7 Å². The van der Waals surface area contributed by atoms with E-state index >= 15 is 0 Å². The van der Waals surface area contributed by atoms with Gasteiger partial charge in [0, 0.05) is 24.4 Å². The average Bonchev–Trinajstić information content (AvgIpc) is 3.17. The summed E-state index contributed by atoms with van der Waals surface area (Å²) >= 11 is 13.0. The molecule has 0 saturated carbocycles. The summed E-state index contributed by atoms with van der Waals surface area (Å²) in [4.78, 5) is 35.3. The Kier molecular flexibility index (Phi) is 8.48. The van der Waals surface area contributed by atoms with Crippen LogP contribution in [0.2, 0.25) is 10.0 Å². The van der Waals surface area contributed by atoms with Crippen LogP contribution in [0.3, 0.4) is 0 Å². The van der Waals surface area contributed by atoms with Crippen LogP contribution < -0.4 is 10.6 Å². The number of nitro groups is 1. The van der Waals surface area contributed by atoms with Gasteiger partial charge < -0.3 is 15.2 Å². The zero-order valence-electron chi connectivity index (χ0n) is 18.2. The molecule has 0 aliphatic rings. The molecule has 2 amide bonds. The highest BCUT2D eigenvalue weighted by molar-refractivity contribution is 7.99. The molecule has 0 unspecified atom stereocenters. The van der Waals surface area contributed by atoms with Gasteiger partial charge in [0.2, 0.25) is 11.8 Å². The van der Waals surface area contributed by atoms with Gasteiger partial charge >= 0.3 is 0 Å². The molecular formula is C21H20Cl2N6O4S. The molecule has 0 bridgehead atoms. The lowest BCUT2D eigenvalue weighted by Gasteiger charge is -2.10. The van der Waals surface area contributed by atoms with Crippen molar-refractivity contribution in [3.8, 4) is 0 Å². The number of non-ortho nitro benzene ring substituents is 1. The lowest BCUT2D eigenvalue weighted by Crippen LogP contribution is -2.18. The molecule has 2 N–H and O–H groups in total. The van der Waals surface area contributed by atoms with Crippen molar-refractivity contribution in [1.29, 1.82) is 0 Å². The standard InChI is InChI=1S/C21H20Cl2N6O4S/c1-3-28-18(10-19(30)24-13-5-7-15(22)16(23)8-13)26-27-21(28)34-11-20(31)25-17-9-14(29(32)33)6-4-12(17)2/h4-9H,3,10-11H2,1-2H3,(H,24,30)(H,25,31). The number of anilines is 2. The molecule has 0 saturated heterocycles. The quantitative estimate of drug-likeness (QED) is 0.235. The molecule has 13 heteroatoms. The first-order valence-corrected chi connectivity index (χ1v) is 11.8. The number of amides is 2. The molecule has 1 aromatic heterocycles. The van der Waals surface area contributed by atoms with E-state index < -0.39 is 4.92 Å². The Balaban J connectivity index is 1.61. The fourth-order valence-corrected chi connectivity index (χ4v) is 4.09. The minimum atomic E-state index is -0.521. The summed E-state index contributed by atoms with van der Waals surface area (Å²) in [6.45, 7) is 4.12. The van der Waals surface area contributed by atoms with E-state index in [0.29, 0.717) is 44.5 Å². The monoisotopic (exact) mass is 522 g/mol. The van der Waals surface area contributed by atoms with Crippen LogP contribution in [0.4, 0.5) is 17.1 Å². The highest BCUT2D eigenvalue weighted by atomic mass is 35.5. The summed E-state index contributed by atoms with van der Waals surface area (Å²) in [7, 11) is 0. The summed E-state index contributed by atoms with van der Waals surface area (Å²) < 4.78 is 1.74. The molecular weight excluding hydrogens is 503 g/mol. The second-order valence-corrected chi connectivity index (χ2v) is 8.85. The van der Waals surface area contributed by atoms with Crippen molar-refractivity contribution in [2.24, 2.45) is 0 Å². The molecule has 2 aromatic carbocycles. The molecule has 0 radical (unpaired) electrons. The van der Waals surface area contributed by atoms with E-state index in [-0.39, 0.29) is 29.7 Å². The molecule has 0 fully saturated rings. The summed E-state index contributed by atoms with van der Waals surface area (Å²) in [5, 5.41) is 25.8. The van der Waals surface area contributed by atoms with E-state index in [1.165, 1.54) is 12.1 Å². The number of rotatable bonds is 9. The van der Waals surface area contributed by atoms with Gasteiger partial charge in [-0.2, -0.15) is 0 Å². The highest BCUT2D eigenvalue weighted by Gasteiger charge is 2.17. The number of benzene rings is 2. The molecule has 0 atom stereocenters. The minimum absolute atomic E-state index is 0.00966. The molecule has 0 spiro atoms. The fourth-order valence-electron chi connectivity index (χ4n) is 2.97. The molecule has 0 aliphatic heterocycles. The second kappa shape index (κ2) is 11.3. The number of carbonyl (C=O) groups excluding carboxylic acids is 2. The van der Waals surface area contributed by atoms with Crippen LogP contribution in [0.15, 0.2) is 41.6 Å². The van der Waals surface area contributed by atoms with Crippen LogP contribution in [0.1, 0.15) is 18.3 Å². The van der Waals surface area contributed by atoms with Crippen molar-refractivity contribution in [1.82, 2.24) is 14.8 Å². The SMILES string of the molecule is CCn1c(CC(=O)Nc2ccc(Cl)c(Cl)c2)nnc1SCC(=O)Nc1cc([N+](=O)[O-])ccc1C. The van der Waals surface area contributed by atoms with Crippen LogP contribution in [0, 0.1) is 17.0 Å². The Morgan fingerprint density at radius 2 is 1.85 bits per heavy atom. The van der Waals surface area contributed by atoms with E-state index in [0.717, 1.165) is 11.8 Å². The third-order valence-corrected chi connectivity index (χ3v) is 6.38. The van der Waals surface area contributed by atoms with Gasteiger partial charge in [0.25, 0.3) is 5.69 Å². The van der Waals surface area contributed by atoms with Crippen LogP contribution in [0.25, 0.3) is 0 Å². The number of halogens is 2. The first-order chi connectivity index (χ1) is 16.2. The van der Waals surface area contributed by atoms with Gasteiger partial charge in [0.1, 0.15) is 5.82 Å². The topological polar surface area (TPSA) is 132 Å². The third kappa shape index (κ3) is 6.46. The number of thioether (sulfide) groups is 1. The van der Waals surface area contributed by atoms with Gasteiger partial charge in [0.15, 0.2) is 5.16 Å². The van der Waals surface area contributed by atoms with Crippen LogP contribution in [-0.4, -0.2) is 37.3 Å². The fraction of sp³-hybridized carbons (Fsp3) is 0.238. The molecule has 10 nitrogen and oxygen atoms in total. The smallest absolute Gasteiger partial charge is 0.271 e. The number of aromatic nitrogens is 3. The van der Waals surface area contributed by atoms with Crippen LogP contribution in [-0.2, 0) is 22.6 Å². The number of hydrogen-bond acceptors (Lipinski definition) is 7. The van der Waals surface area contributed by atoms with E-state index in [4.69, 9.17) is 23.2 Å². The summed E-state index contributed by atoms with van der Waals surface area (Å²) in [6, 6.07) is 9.04. The van der Waals surface area contributed by atoms with Crippen molar-refractivity contribution >= 4 is 63.8 Å². The van der Waals surface area contributed by atoms with Crippen LogP contribution >= 0.6 is 35.0 Å². The molecule has 34 heavy (non-hydrogen) atoms. The molecule has 1 heterocycles. The van der Waals surface area contributed by atoms with Gasteiger partial charge in [0.05, 0.1) is 32.8 Å². The number of aryl methyl sites for hydroxylation is 1. The van der Waals surface area contributed by atoms with Gasteiger partial charge in [-0.1, -0.05) is 41.0 Å². The first-order valence-electron chi connectivity index (χ1n) is 10.0. The zero-order valence-corrected chi connectivity index (χ0v) is 20.5. The second-order valence-electron chi connectivity index (χ2n) is 7.09. The third-order valence-electron chi connectivity index (χ3n) is 4.67. The summed E-state index contributed by atoms with van der Waals surface area (Å²) in [6.07, 6.45) is -0.0271. The van der Waals surface area contributed by atoms with Crippen molar-refractivity contribution in [3.05, 3.63) is 67.9 Å². The van der Waals surface area contributed by atoms with Gasteiger partial charge in [-0.25, -0.2) is 0 Å². The Hall–Kier alpha value is -3.15. The number of nitro benzene ring substituents is 1. The largest absolute Gasteiger partial charge is 0.326 e. The summed E-state index contributed by atoms with van der Waals surface area (Å²) in [5.74, 6) is -0.206. The lowest BCUT2D eigenvalue weighted by molar-refractivity contribution is -0.384. The van der Waals surface area contributed by atoms with Crippen molar-refractivity contribution < 1.29 is 14.5 Å². The Morgan fingerprint density at radius 3 is 2.53 bits per heavy atom. The Bertz CT molecular complexity index is 1250. The van der Waals surface area contributed by atoms with Crippen LogP contribution in [0.5, 0.6) is 0 Å². The molecule has 0 aliphatic carbocycles. The number of nitrogens with one attached hydrogen (secondary N) is 2. The predicted molar refractivity (Wildman–Crippen MR) is 132 cm³/mol. The van der Waals surface area contributed by atoms with Crippen molar-refractivity contribution in [2.45, 2.75) is 32.0 Å². The van der Waals surface area contributed by atoms with Gasteiger partial charge in [-0.05, 0) is 37.6 Å². The number of hydrogen-bond donors (Lipinski definition) is 2.